The van der Waals surface area contributed by atoms with Crippen molar-refractivity contribution in [2.45, 2.75) is 25.4 Å². The number of hydrogen-bond donors (Lipinski definition) is 1. The van der Waals surface area contributed by atoms with Gasteiger partial charge in [0, 0.05) is 22.6 Å². The number of benzene rings is 6. The number of aromatic nitrogens is 1. The SMILES string of the molecule is Cc1ccc(C2Nc3ccccc3N2c2ccc(-c3cccc4c3-c3ccccc3C43c4ccccc4-c4ccccc43)cc2)c(C)n1. The van der Waals surface area contributed by atoms with Crippen LogP contribution in [0.5, 0.6) is 0 Å². The van der Waals surface area contributed by atoms with E-state index in [1.165, 1.54) is 66.9 Å². The van der Waals surface area contributed by atoms with Crippen molar-refractivity contribution in [2.24, 2.45) is 0 Å². The number of para-hydroxylation sites is 2. The zero-order valence-electron chi connectivity index (χ0n) is 26.9. The van der Waals surface area contributed by atoms with Crippen LogP contribution >= 0.6 is 0 Å². The average Bonchev–Trinajstić information content (AvgIpc) is 3.76. The van der Waals surface area contributed by atoms with Gasteiger partial charge in [0.15, 0.2) is 0 Å². The smallest absolute Gasteiger partial charge is 0.132 e. The van der Waals surface area contributed by atoms with Crippen molar-refractivity contribution < 1.29 is 0 Å². The molecule has 0 amide bonds. The maximum atomic E-state index is 4.81. The van der Waals surface area contributed by atoms with E-state index < -0.39 is 0 Å². The Hall–Kier alpha value is -5.93. The summed E-state index contributed by atoms with van der Waals surface area (Å²) in [6, 6.07) is 56.0. The molecular weight excluding hydrogens is 583 g/mol. The predicted molar refractivity (Wildman–Crippen MR) is 197 cm³/mol. The number of aryl methyl sites for hydroxylation is 2. The van der Waals surface area contributed by atoms with E-state index in [0.717, 1.165) is 22.8 Å². The highest BCUT2D eigenvalue weighted by Gasteiger charge is 2.51. The van der Waals surface area contributed by atoms with Crippen LogP contribution in [-0.4, -0.2) is 4.98 Å². The van der Waals surface area contributed by atoms with Crippen molar-refractivity contribution in [2.75, 3.05) is 10.2 Å². The van der Waals surface area contributed by atoms with E-state index in [1.807, 2.05) is 0 Å². The Bertz CT molecular complexity index is 2380. The lowest BCUT2D eigenvalue weighted by atomic mass is 9.70. The fraction of sp³-hybridized carbons (Fsp3) is 0.0889. The van der Waals surface area contributed by atoms with Gasteiger partial charge in [-0.15, -0.1) is 0 Å². The molecule has 2 aliphatic carbocycles. The number of nitrogens with one attached hydrogen (secondary N) is 1. The maximum Gasteiger partial charge on any atom is 0.132 e. The van der Waals surface area contributed by atoms with Crippen LogP contribution in [0.15, 0.2) is 152 Å². The third kappa shape index (κ3) is 3.56. The number of nitrogens with zero attached hydrogens (tertiary/aromatic N) is 2. The molecule has 0 bridgehead atoms. The summed E-state index contributed by atoms with van der Waals surface area (Å²) in [6.07, 6.45) is -0.0449. The van der Waals surface area contributed by atoms with Crippen LogP contribution in [0.25, 0.3) is 33.4 Å². The third-order valence-electron chi connectivity index (χ3n) is 10.8. The molecule has 1 aromatic heterocycles. The van der Waals surface area contributed by atoms with Crippen LogP contribution in [0.1, 0.15) is 45.4 Å². The molecule has 3 heteroatoms. The summed E-state index contributed by atoms with van der Waals surface area (Å²) in [5, 5.41) is 3.78. The molecule has 3 aliphatic rings. The molecule has 1 aliphatic heterocycles. The molecule has 1 N–H and O–H groups in total. The first-order valence-electron chi connectivity index (χ1n) is 16.8. The lowest BCUT2D eigenvalue weighted by Gasteiger charge is -2.30. The van der Waals surface area contributed by atoms with Crippen LogP contribution in [0, 0.1) is 13.8 Å². The molecule has 1 unspecified atom stereocenters. The summed E-state index contributed by atoms with van der Waals surface area (Å²) in [4.78, 5) is 7.21. The number of rotatable bonds is 3. The van der Waals surface area contributed by atoms with Crippen LogP contribution < -0.4 is 10.2 Å². The maximum absolute atomic E-state index is 4.81. The molecule has 1 atom stereocenters. The molecule has 1 spiro atoms. The number of fused-ring (bicyclic) bond motifs is 11. The van der Waals surface area contributed by atoms with Gasteiger partial charge in [-0.2, -0.15) is 0 Å². The van der Waals surface area contributed by atoms with Crippen molar-refractivity contribution in [3.8, 4) is 33.4 Å². The zero-order valence-corrected chi connectivity index (χ0v) is 26.9. The monoisotopic (exact) mass is 615 g/mol. The van der Waals surface area contributed by atoms with Crippen LogP contribution in [0.4, 0.5) is 17.1 Å². The van der Waals surface area contributed by atoms with Crippen molar-refractivity contribution in [3.05, 3.63) is 191 Å². The molecule has 6 aromatic carbocycles. The van der Waals surface area contributed by atoms with Gasteiger partial charge < -0.3 is 10.2 Å². The topological polar surface area (TPSA) is 28.2 Å². The van der Waals surface area contributed by atoms with Crippen LogP contribution in [0.2, 0.25) is 0 Å². The van der Waals surface area contributed by atoms with E-state index in [-0.39, 0.29) is 11.6 Å². The molecule has 228 valence electrons. The number of anilines is 3. The molecule has 48 heavy (non-hydrogen) atoms. The summed E-state index contributed by atoms with van der Waals surface area (Å²) in [7, 11) is 0. The highest BCUT2D eigenvalue weighted by atomic mass is 15.3. The summed E-state index contributed by atoms with van der Waals surface area (Å²) in [5.41, 5.74) is 19.6. The Morgan fingerprint density at radius 2 is 1.12 bits per heavy atom. The summed E-state index contributed by atoms with van der Waals surface area (Å²) < 4.78 is 0. The van der Waals surface area contributed by atoms with Gasteiger partial charge in [0.25, 0.3) is 0 Å². The first-order valence-corrected chi connectivity index (χ1v) is 16.8. The van der Waals surface area contributed by atoms with Gasteiger partial charge in [0.05, 0.1) is 16.8 Å². The predicted octanol–water partition coefficient (Wildman–Crippen LogP) is 11.0. The van der Waals surface area contributed by atoms with Gasteiger partial charge in [-0.25, -0.2) is 0 Å². The van der Waals surface area contributed by atoms with Gasteiger partial charge in [0.1, 0.15) is 6.17 Å². The van der Waals surface area contributed by atoms with E-state index >= 15 is 0 Å². The fourth-order valence-electron chi connectivity index (χ4n) is 8.83. The molecule has 2 heterocycles. The number of hydrogen-bond acceptors (Lipinski definition) is 3. The van der Waals surface area contributed by atoms with Gasteiger partial charge >= 0.3 is 0 Å². The van der Waals surface area contributed by atoms with Gasteiger partial charge in [-0.1, -0.05) is 121 Å². The first kappa shape index (κ1) is 27.2. The summed E-state index contributed by atoms with van der Waals surface area (Å²) in [5.74, 6) is 0. The standard InChI is InChI=1S/C45H33N3/c1-28-22-27-32(29(2)46-28)44-47-41-20-9-10-21-42(41)48(44)31-25-23-30(24-26-31)33-15-11-19-40-43(33)36-14-5-8-18-39(36)45(40)37-16-6-3-12-34(37)35-13-4-7-17-38(35)45/h3-27,44,47H,1-2H3. The normalized spacial score (nSPS) is 15.8. The fourth-order valence-corrected chi connectivity index (χ4v) is 8.83. The molecule has 3 nitrogen and oxygen atoms in total. The second-order valence-corrected chi connectivity index (χ2v) is 13.2. The highest BCUT2D eigenvalue weighted by molar-refractivity contribution is 6.00. The minimum atomic E-state index is -0.340. The Morgan fingerprint density at radius 1 is 0.542 bits per heavy atom. The minimum Gasteiger partial charge on any atom is -0.359 e. The molecule has 0 saturated heterocycles. The van der Waals surface area contributed by atoms with E-state index in [1.54, 1.807) is 0 Å². The van der Waals surface area contributed by atoms with Crippen LogP contribution in [0.3, 0.4) is 0 Å². The van der Waals surface area contributed by atoms with Crippen molar-refractivity contribution >= 4 is 17.1 Å². The average molecular weight is 616 g/mol. The Labute approximate surface area is 281 Å². The van der Waals surface area contributed by atoms with Crippen LogP contribution in [-0.2, 0) is 5.41 Å². The van der Waals surface area contributed by atoms with E-state index in [9.17, 15) is 0 Å². The van der Waals surface area contributed by atoms with E-state index in [2.05, 4.69) is 176 Å². The second kappa shape index (κ2) is 10.0. The molecule has 7 aromatic rings. The van der Waals surface area contributed by atoms with Crippen molar-refractivity contribution in [3.63, 3.8) is 0 Å². The largest absolute Gasteiger partial charge is 0.359 e. The highest BCUT2D eigenvalue weighted by Crippen LogP contribution is 2.64. The Kier molecular flexibility index (Phi) is 5.69. The molecule has 10 rings (SSSR count). The summed E-state index contributed by atoms with van der Waals surface area (Å²) in [6.45, 7) is 4.16. The minimum absolute atomic E-state index is 0.0449. The van der Waals surface area contributed by atoms with E-state index in [4.69, 9.17) is 4.98 Å². The zero-order chi connectivity index (χ0) is 32.0. The summed E-state index contributed by atoms with van der Waals surface area (Å²) >= 11 is 0. The van der Waals surface area contributed by atoms with Gasteiger partial charge in [-0.05, 0) is 99.8 Å². The molecular formula is C45H33N3. The van der Waals surface area contributed by atoms with E-state index in [0.29, 0.717) is 0 Å². The Morgan fingerprint density at radius 3 is 1.83 bits per heavy atom. The lowest BCUT2D eigenvalue weighted by Crippen LogP contribution is -2.25. The van der Waals surface area contributed by atoms with Gasteiger partial charge in [-0.3, -0.25) is 4.98 Å². The number of pyridine rings is 1. The lowest BCUT2D eigenvalue weighted by molar-refractivity contribution is 0.794. The molecule has 0 radical (unpaired) electrons. The first-order chi connectivity index (χ1) is 23.6. The Balaban J connectivity index is 1.14. The van der Waals surface area contributed by atoms with Crippen molar-refractivity contribution in [1.29, 1.82) is 0 Å². The quantitative estimate of drug-likeness (QED) is 0.214. The van der Waals surface area contributed by atoms with Crippen molar-refractivity contribution in [1.82, 2.24) is 4.98 Å². The molecule has 0 saturated carbocycles. The third-order valence-corrected chi connectivity index (χ3v) is 10.8. The van der Waals surface area contributed by atoms with Gasteiger partial charge in [0.2, 0.25) is 0 Å². The molecule has 0 fully saturated rings. The second-order valence-electron chi connectivity index (χ2n) is 13.2.